The topological polar surface area (TPSA) is 133 Å². The summed E-state index contributed by atoms with van der Waals surface area (Å²) in [7, 11) is -4.47. The molecule has 0 aliphatic carbocycles. The zero-order chi connectivity index (χ0) is 28.6. The van der Waals surface area contributed by atoms with Crippen LogP contribution in [-0.2, 0) is 26.3 Å². The molecular weight excluding hydrogens is 554 g/mol. The molecule has 11 heteroatoms. The van der Waals surface area contributed by atoms with E-state index >= 15 is 0 Å². The maximum atomic E-state index is 13.2. The van der Waals surface area contributed by atoms with Crippen molar-refractivity contribution in [1.29, 1.82) is 0 Å². The van der Waals surface area contributed by atoms with Gasteiger partial charge in [-0.1, -0.05) is 72.3 Å². The van der Waals surface area contributed by atoms with Gasteiger partial charge >= 0.3 is 0 Å². The molecule has 202 valence electrons. The molecule has 4 aromatic carbocycles. The number of carbonyl (C=O) groups is 3. The maximum absolute atomic E-state index is 13.2. The Kier molecular flexibility index (Phi) is 7.16. The van der Waals surface area contributed by atoms with Crippen molar-refractivity contribution in [2.45, 2.75) is 18.4 Å². The third-order valence-electron chi connectivity index (χ3n) is 6.46. The summed E-state index contributed by atoms with van der Waals surface area (Å²) in [4.78, 5) is 39.8. The fraction of sp³-hybridized carbons (Fsp3) is 0.0690. The lowest BCUT2D eigenvalue weighted by Gasteiger charge is -2.16. The van der Waals surface area contributed by atoms with Crippen LogP contribution < -0.4 is 10.6 Å². The van der Waals surface area contributed by atoms with Gasteiger partial charge in [0.25, 0.3) is 27.8 Å². The zero-order valence-electron chi connectivity index (χ0n) is 21.0. The first-order chi connectivity index (χ1) is 19.0. The maximum Gasteiger partial charge on any atom is 0.295 e. The lowest BCUT2D eigenvalue weighted by Crippen LogP contribution is -2.31. The summed E-state index contributed by atoms with van der Waals surface area (Å²) in [5.74, 6) is -1.71. The highest BCUT2D eigenvalue weighted by Gasteiger charge is 2.38. The highest BCUT2D eigenvalue weighted by molar-refractivity contribution is 7.86. The van der Waals surface area contributed by atoms with Crippen LogP contribution in [0.1, 0.15) is 21.5 Å². The van der Waals surface area contributed by atoms with E-state index in [1.54, 1.807) is 61.5 Å². The standard InChI is InChI=1S/C29H22ClN3O6S/c1-17-13-14-19(27(34)32-22-11-5-10-21-20(22)9-6-12-24(21)40(37,38)39)15-23(17)31-26-25(30)28(35)33(29(26)36)16-18-7-3-2-4-8-18/h2-15,31H,16H2,1H3,(H,32,34)(H,37,38,39). The third kappa shape index (κ3) is 5.20. The van der Waals surface area contributed by atoms with Gasteiger partial charge in [-0.2, -0.15) is 8.42 Å². The number of aryl methyl sites for hydroxylation is 1. The quantitative estimate of drug-likeness (QED) is 0.207. The van der Waals surface area contributed by atoms with Gasteiger partial charge in [-0.3, -0.25) is 23.8 Å². The summed E-state index contributed by atoms with van der Waals surface area (Å²) in [5, 5.41) is 6.12. The van der Waals surface area contributed by atoms with Crippen molar-refractivity contribution in [3.63, 3.8) is 0 Å². The minimum Gasteiger partial charge on any atom is -0.349 e. The largest absolute Gasteiger partial charge is 0.349 e. The highest BCUT2D eigenvalue weighted by Crippen LogP contribution is 2.31. The van der Waals surface area contributed by atoms with Crippen LogP contribution in [0.2, 0.25) is 0 Å². The van der Waals surface area contributed by atoms with E-state index in [-0.39, 0.29) is 33.1 Å². The second-order valence-corrected chi connectivity index (χ2v) is 10.9. The Morgan fingerprint density at radius 1 is 0.875 bits per heavy atom. The van der Waals surface area contributed by atoms with Crippen LogP contribution in [-0.4, -0.2) is 35.6 Å². The second kappa shape index (κ2) is 10.6. The van der Waals surface area contributed by atoms with Crippen molar-refractivity contribution in [3.05, 3.63) is 112 Å². The fourth-order valence-corrected chi connectivity index (χ4v) is 5.34. The first-order valence-electron chi connectivity index (χ1n) is 12.0. The van der Waals surface area contributed by atoms with Gasteiger partial charge in [0, 0.05) is 27.7 Å². The lowest BCUT2D eigenvalue weighted by atomic mass is 10.1. The molecule has 0 radical (unpaired) electrons. The summed E-state index contributed by atoms with van der Waals surface area (Å²) in [5.41, 5.74) is 2.33. The number of anilines is 2. The summed E-state index contributed by atoms with van der Waals surface area (Å²) < 4.78 is 33.2. The molecule has 0 saturated carbocycles. The van der Waals surface area contributed by atoms with Crippen LogP contribution >= 0.6 is 11.6 Å². The smallest absolute Gasteiger partial charge is 0.295 e. The third-order valence-corrected chi connectivity index (χ3v) is 7.73. The molecule has 0 fully saturated rings. The van der Waals surface area contributed by atoms with Crippen molar-refractivity contribution in [3.8, 4) is 0 Å². The molecule has 0 bridgehead atoms. The molecule has 0 spiro atoms. The SMILES string of the molecule is Cc1ccc(C(=O)Nc2cccc3c(S(=O)(=O)O)cccc23)cc1NC1=C(Cl)C(=O)N(Cc2ccccc2)C1=O. The van der Waals surface area contributed by atoms with E-state index < -0.39 is 27.8 Å². The Morgan fingerprint density at radius 2 is 1.57 bits per heavy atom. The molecule has 0 atom stereocenters. The molecular formula is C29H22ClN3O6S. The minimum absolute atomic E-state index is 0.0612. The first-order valence-corrected chi connectivity index (χ1v) is 13.8. The number of carbonyl (C=O) groups excluding carboxylic acids is 3. The number of nitrogens with zero attached hydrogens (tertiary/aromatic N) is 1. The molecule has 9 nitrogen and oxygen atoms in total. The average Bonchev–Trinajstić information content (AvgIpc) is 3.12. The Labute approximate surface area is 234 Å². The van der Waals surface area contributed by atoms with Crippen LogP contribution in [0.3, 0.4) is 0 Å². The number of benzene rings is 4. The van der Waals surface area contributed by atoms with Crippen molar-refractivity contribution in [2.75, 3.05) is 10.6 Å². The summed E-state index contributed by atoms with van der Waals surface area (Å²) in [6, 6.07) is 22.9. The van der Waals surface area contributed by atoms with Crippen LogP contribution in [0.25, 0.3) is 10.8 Å². The molecule has 0 aromatic heterocycles. The molecule has 0 saturated heterocycles. The van der Waals surface area contributed by atoms with E-state index in [1.165, 1.54) is 24.3 Å². The molecule has 5 rings (SSSR count). The normalized spacial score (nSPS) is 13.7. The number of imide groups is 1. The van der Waals surface area contributed by atoms with Gasteiger partial charge in [-0.05, 0) is 42.3 Å². The number of halogens is 1. The Bertz CT molecular complexity index is 1840. The van der Waals surface area contributed by atoms with Crippen LogP contribution in [0, 0.1) is 6.92 Å². The Hall–Kier alpha value is -4.51. The summed E-state index contributed by atoms with van der Waals surface area (Å²) >= 11 is 6.26. The Morgan fingerprint density at radius 3 is 2.30 bits per heavy atom. The van der Waals surface area contributed by atoms with E-state index in [1.807, 2.05) is 6.07 Å². The van der Waals surface area contributed by atoms with Crippen molar-refractivity contribution < 1.29 is 27.4 Å². The number of hydrogen-bond acceptors (Lipinski definition) is 6. The van der Waals surface area contributed by atoms with Gasteiger partial charge in [0.05, 0.1) is 6.54 Å². The molecule has 3 amide bonds. The van der Waals surface area contributed by atoms with Crippen LogP contribution in [0.4, 0.5) is 11.4 Å². The molecule has 1 heterocycles. The molecule has 0 unspecified atom stereocenters. The summed E-state index contributed by atoms with van der Waals surface area (Å²) in [6.45, 7) is 1.83. The fourth-order valence-electron chi connectivity index (χ4n) is 4.41. The predicted molar refractivity (Wildman–Crippen MR) is 151 cm³/mol. The molecule has 3 N–H and O–H groups in total. The number of rotatable bonds is 7. The van der Waals surface area contributed by atoms with Gasteiger partial charge in [0.15, 0.2) is 0 Å². The first kappa shape index (κ1) is 27.1. The molecule has 4 aromatic rings. The van der Waals surface area contributed by atoms with Gasteiger partial charge in [0.1, 0.15) is 15.6 Å². The second-order valence-electron chi connectivity index (χ2n) is 9.11. The monoisotopic (exact) mass is 575 g/mol. The molecule has 1 aliphatic rings. The zero-order valence-corrected chi connectivity index (χ0v) is 22.6. The van der Waals surface area contributed by atoms with E-state index in [9.17, 15) is 27.4 Å². The average molecular weight is 576 g/mol. The molecule has 40 heavy (non-hydrogen) atoms. The van der Waals surface area contributed by atoms with Crippen LogP contribution in [0.15, 0.2) is 101 Å². The van der Waals surface area contributed by atoms with E-state index in [0.29, 0.717) is 22.3 Å². The van der Waals surface area contributed by atoms with E-state index in [2.05, 4.69) is 10.6 Å². The predicted octanol–water partition coefficient (Wildman–Crippen LogP) is 5.08. The van der Waals surface area contributed by atoms with Crippen molar-refractivity contribution in [2.24, 2.45) is 0 Å². The van der Waals surface area contributed by atoms with Gasteiger partial charge in [-0.25, -0.2) is 0 Å². The number of nitrogens with one attached hydrogen (secondary N) is 2. The highest BCUT2D eigenvalue weighted by atomic mass is 35.5. The van der Waals surface area contributed by atoms with E-state index in [4.69, 9.17) is 11.6 Å². The summed E-state index contributed by atoms with van der Waals surface area (Å²) in [6.07, 6.45) is 0. The van der Waals surface area contributed by atoms with Crippen molar-refractivity contribution in [1.82, 2.24) is 4.90 Å². The lowest BCUT2D eigenvalue weighted by molar-refractivity contribution is -0.138. The Balaban J connectivity index is 1.40. The van der Waals surface area contributed by atoms with Gasteiger partial charge in [0.2, 0.25) is 0 Å². The minimum atomic E-state index is -4.47. The van der Waals surface area contributed by atoms with Gasteiger partial charge < -0.3 is 10.6 Å². The number of amides is 3. The van der Waals surface area contributed by atoms with E-state index in [0.717, 1.165) is 10.5 Å². The van der Waals surface area contributed by atoms with Crippen LogP contribution in [0.5, 0.6) is 0 Å². The number of fused-ring (bicyclic) bond motifs is 1. The molecule has 1 aliphatic heterocycles. The number of hydrogen-bond donors (Lipinski definition) is 3. The van der Waals surface area contributed by atoms with Crippen molar-refractivity contribution >= 4 is 61.6 Å². The van der Waals surface area contributed by atoms with Gasteiger partial charge in [-0.15, -0.1) is 0 Å².